The van der Waals surface area contributed by atoms with E-state index in [1.807, 2.05) is 30.3 Å². The van der Waals surface area contributed by atoms with Crippen LogP contribution in [0.2, 0.25) is 0 Å². The maximum absolute atomic E-state index is 9.73. The zero-order valence-electron chi connectivity index (χ0n) is 9.09. The van der Waals surface area contributed by atoms with Crippen LogP contribution in [-0.4, -0.2) is 10.9 Å². The fourth-order valence-electron chi connectivity index (χ4n) is 2.28. The molecule has 0 spiro atoms. The normalized spacial score (nSPS) is 22.7. The molecule has 1 atom stereocenters. The van der Waals surface area contributed by atoms with Gasteiger partial charge in [-0.3, -0.25) is 5.41 Å². The van der Waals surface area contributed by atoms with Crippen molar-refractivity contribution in [2.45, 2.75) is 12.3 Å². The summed E-state index contributed by atoms with van der Waals surface area (Å²) < 4.78 is 0. The Balaban J connectivity index is 2.09. The number of rotatable bonds is 1. The molecule has 2 aliphatic rings. The van der Waals surface area contributed by atoms with Gasteiger partial charge < -0.3 is 5.11 Å². The van der Waals surface area contributed by atoms with E-state index in [2.05, 4.69) is 10.2 Å². The van der Waals surface area contributed by atoms with Crippen LogP contribution >= 0.6 is 0 Å². The number of azo groups is 1. The molecule has 0 saturated heterocycles. The summed E-state index contributed by atoms with van der Waals surface area (Å²) in [5.74, 6) is 0.488. The summed E-state index contributed by atoms with van der Waals surface area (Å²) in [6.07, 6.45) is 2.11. The second-order valence-corrected chi connectivity index (χ2v) is 4.15. The molecule has 0 fully saturated rings. The number of benzene rings is 1. The summed E-state index contributed by atoms with van der Waals surface area (Å²) in [7, 11) is 0. The van der Waals surface area contributed by atoms with E-state index in [1.165, 1.54) is 0 Å². The number of hydrogen-bond donors (Lipinski definition) is 2. The lowest BCUT2D eigenvalue weighted by Crippen LogP contribution is -2.13. The Bertz CT molecular complexity index is 570. The van der Waals surface area contributed by atoms with Crippen LogP contribution in [0.25, 0.3) is 0 Å². The van der Waals surface area contributed by atoms with Gasteiger partial charge in [0.15, 0.2) is 5.84 Å². The van der Waals surface area contributed by atoms with Crippen molar-refractivity contribution in [2.24, 2.45) is 10.2 Å². The standard InChI is InChI=1S/C13H11N3O/c14-13-12-10(8-4-2-1-3-5-8)6-9(17)7-11(12)15-16-13/h1-5,7,10,14,17H,6H2. The Morgan fingerprint density at radius 1 is 1.18 bits per heavy atom. The lowest BCUT2D eigenvalue weighted by molar-refractivity contribution is 0.377. The van der Waals surface area contributed by atoms with Gasteiger partial charge in [0, 0.05) is 24.0 Å². The summed E-state index contributed by atoms with van der Waals surface area (Å²) in [6, 6.07) is 9.86. The Hall–Kier alpha value is -2.23. The number of nitrogens with one attached hydrogen (secondary N) is 1. The van der Waals surface area contributed by atoms with Crippen LogP contribution in [0.5, 0.6) is 0 Å². The first kappa shape index (κ1) is 9.96. The van der Waals surface area contributed by atoms with Gasteiger partial charge in [0.05, 0.1) is 11.5 Å². The first-order valence-electron chi connectivity index (χ1n) is 5.45. The molecule has 0 aromatic heterocycles. The van der Waals surface area contributed by atoms with E-state index in [0.717, 1.165) is 11.1 Å². The molecule has 0 amide bonds. The molecule has 17 heavy (non-hydrogen) atoms. The predicted octanol–water partition coefficient (Wildman–Crippen LogP) is 3.31. The van der Waals surface area contributed by atoms with Gasteiger partial charge in [-0.05, 0) is 5.56 Å². The lowest BCUT2D eigenvalue weighted by Gasteiger charge is -2.21. The van der Waals surface area contributed by atoms with Gasteiger partial charge in [-0.25, -0.2) is 0 Å². The minimum atomic E-state index is -0.0151. The SMILES string of the molecule is N=C1N=NC2=C1C(c1ccccc1)CC(O)=C2. The molecule has 1 aromatic rings. The minimum absolute atomic E-state index is 0.0151. The third-order valence-electron chi connectivity index (χ3n) is 3.06. The van der Waals surface area contributed by atoms with Crippen LogP contribution in [0.3, 0.4) is 0 Å². The van der Waals surface area contributed by atoms with Crippen molar-refractivity contribution in [3.8, 4) is 0 Å². The van der Waals surface area contributed by atoms with Crippen molar-refractivity contribution in [3.05, 3.63) is 59.0 Å². The highest BCUT2D eigenvalue weighted by Crippen LogP contribution is 2.40. The second-order valence-electron chi connectivity index (χ2n) is 4.15. The fourth-order valence-corrected chi connectivity index (χ4v) is 2.28. The molecule has 0 bridgehead atoms. The van der Waals surface area contributed by atoms with Gasteiger partial charge in [0.1, 0.15) is 0 Å². The highest BCUT2D eigenvalue weighted by molar-refractivity contribution is 6.00. The Morgan fingerprint density at radius 2 is 1.94 bits per heavy atom. The Kier molecular flexibility index (Phi) is 2.14. The van der Waals surface area contributed by atoms with E-state index >= 15 is 0 Å². The monoisotopic (exact) mass is 225 g/mol. The molecule has 1 aromatic carbocycles. The quantitative estimate of drug-likeness (QED) is 0.756. The van der Waals surface area contributed by atoms with Crippen LogP contribution < -0.4 is 0 Å². The Labute approximate surface area is 98.5 Å². The Morgan fingerprint density at radius 3 is 2.71 bits per heavy atom. The van der Waals surface area contributed by atoms with Crippen LogP contribution in [0.15, 0.2) is 63.7 Å². The molecule has 0 radical (unpaired) electrons. The van der Waals surface area contributed by atoms with Crippen molar-refractivity contribution in [1.82, 2.24) is 0 Å². The summed E-state index contributed by atoms with van der Waals surface area (Å²) in [4.78, 5) is 0. The molecule has 1 heterocycles. The molecule has 1 unspecified atom stereocenters. The molecule has 4 heteroatoms. The zero-order valence-corrected chi connectivity index (χ0v) is 9.09. The molecule has 1 aliphatic carbocycles. The molecular formula is C13H11N3O. The molecule has 84 valence electrons. The number of amidine groups is 1. The van der Waals surface area contributed by atoms with Crippen LogP contribution in [0, 0.1) is 5.41 Å². The van der Waals surface area contributed by atoms with Crippen molar-refractivity contribution in [1.29, 1.82) is 5.41 Å². The van der Waals surface area contributed by atoms with Crippen molar-refractivity contribution < 1.29 is 5.11 Å². The summed E-state index contributed by atoms with van der Waals surface area (Å²) >= 11 is 0. The van der Waals surface area contributed by atoms with Gasteiger partial charge >= 0.3 is 0 Å². The predicted molar refractivity (Wildman–Crippen MR) is 64.1 cm³/mol. The first-order valence-corrected chi connectivity index (χ1v) is 5.45. The first-order chi connectivity index (χ1) is 8.25. The largest absolute Gasteiger partial charge is 0.512 e. The van der Waals surface area contributed by atoms with Crippen LogP contribution in [-0.2, 0) is 0 Å². The smallest absolute Gasteiger partial charge is 0.173 e. The number of hydrogen-bond acceptors (Lipinski definition) is 3. The summed E-state index contributed by atoms with van der Waals surface area (Å²) in [6.45, 7) is 0. The fraction of sp³-hybridized carbons (Fsp3) is 0.154. The highest BCUT2D eigenvalue weighted by Gasteiger charge is 2.31. The number of aliphatic hydroxyl groups is 1. The summed E-state index contributed by atoms with van der Waals surface area (Å²) in [5, 5.41) is 25.2. The van der Waals surface area contributed by atoms with Gasteiger partial charge in [-0.15, -0.1) is 10.2 Å². The number of aliphatic hydroxyl groups excluding tert-OH is 1. The third-order valence-corrected chi connectivity index (χ3v) is 3.06. The molecular weight excluding hydrogens is 214 g/mol. The highest BCUT2D eigenvalue weighted by atomic mass is 16.3. The van der Waals surface area contributed by atoms with E-state index in [9.17, 15) is 5.11 Å². The minimum Gasteiger partial charge on any atom is -0.512 e. The molecule has 0 saturated carbocycles. The van der Waals surface area contributed by atoms with E-state index in [4.69, 9.17) is 5.41 Å². The average Bonchev–Trinajstić information content (AvgIpc) is 2.71. The van der Waals surface area contributed by atoms with Crippen molar-refractivity contribution in [3.63, 3.8) is 0 Å². The van der Waals surface area contributed by atoms with Crippen molar-refractivity contribution >= 4 is 5.84 Å². The number of allylic oxidation sites excluding steroid dienone is 2. The topological polar surface area (TPSA) is 68.8 Å². The molecule has 3 rings (SSSR count). The average molecular weight is 225 g/mol. The van der Waals surface area contributed by atoms with Gasteiger partial charge in [-0.1, -0.05) is 30.3 Å². The summed E-state index contributed by atoms with van der Waals surface area (Å²) in [5.41, 5.74) is 2.51. The maximum atomic E-state index is 9.73. The van der Waals surface area contributed by atoms with Crippen LogP contribution in [0.4, 0.5) is 0 Å². The maximum Gasteiger partial charge on any atom is 0.173 e. The lowest BCUT2D eigenvalue weighted by atomic mass is 9.83. The van der Waals surface area contributed by atoms with Crippen molar-refractivity contribution in [2.75, 3.05) is 0 Å². The zero-order chi connectivity index (χ0) is 11.8. The van der Waals surface area contributed by atoms with E-state index in [-0.39, 0.29) is 11.8 Å². The third kappa shape index (κ3) is 1.58. The van der Waals surface area contributed by atoms with E-state index in [1.54, 1.807) is 6.08 Å². The molecule has 4 nitrogen and oxygen atoms in total. The van der Waals surface area contributed by atoms with Gasteiger partial charge in [0.25, 0.3) is 0 Å². The van der Waals surface area contributed by atoms with Crippen LogP contribution in [0.1, 0.15) is 17.9 Å². The molecule has 1 aliphatic heterocycles. The van der Waals surface area contributed by atoms with E-state index in [0.29, 0.717) is 17.9 Å². The van der Waals surface area contributed by atoms with E-state index < -0.39 is 0 Å². The van der Waals surface area contributed by atoms with Gasteiger partial charge in [0.2, 0.25) is 0 Å². The molecule has 2 N–H and O–H groups in total. The second kappa shape index (κ2) is 3.66. The number of nitrogens with zero attached hydrogens (tertiary/aromatic N) is 2. The van der Waals surface area contributed by atoms with Gasteiger partial charge in [-0.2, -0.15) is 0 Å².